The number of hydrogen-bond donors (Lipinski definition) is 0. The molecule has 3 heteroatoms. The van der Waals surface area contributed by atoms with E-state index >= 15 is 0 Å². The number of aromatic nitrogens is 1. The maximum atomic E-state index is 14.3. The van der Waals surface area contributed by atoms with E-state index in [0.29, 0.717) is 5.56 Å². The van der Waals surface area contributed by atoms with Gasteiger partial charge in [0.25, 0.3) is 0 Å². The summed E-state index contributed by atoms with van der Waals surface area (Å²) in [5.74, 6) is -0.279. The Morgan fingerprint density at radius 1 is 0.522 bits per heavy atom. The molecule has 0 unspecified atom stereocenters. The predicted molar refractivity (Wildman–Crippen MR) is 287 cm³/mol. The predicted octanol–water partition coefficient (Wildman–Crippen LogP) is 17.5. The molecular weight excluding hydrogens is 840 g/mol. The van der Waals surface area contributed by atoms with Crippen molar-refractivity contribution in [2.75, 3.05) is 0 Å². The first-order valence-electron chi connectivity index (χ1n) is 23.9. The third kappa shape index (κ3) is 5.89. The molecule has 10 aromatic carbocycles. The van der Waals surface area contributed by atoms with Crippen LogP contribution in [0, 0.1) is 17.1 Å². The van der Waals surface area contributed by atoms with Gasteiger partial charge < -0.3 is 4.57 Å². The number of nitrogens with zero attached hydrogens (tertiary/aromatic N) is 2. The summed E-state index contributed by atoms with van der Waals surface area (Å²) in [5, 5.41) is 19.2. The molecule has 0 bridgehead atoms. The average Bonchev–Trinajstić information content (AvgIpc) is 3.84. The lowest BCUT2D eigenvalue weighted by Gasteiger charge is -2.29. The highest BCUT2D eigenvalue weighted by atomic mass is 19.1. The van der Waals surface area contributed by atoms with Crippen LogP contribution in [0.1, 0.15) is 55.5 Å². The lowest BCUT2D eigenvalue weighted by atomic mass is 9.74. The smallest absolute Gasteiger partial charge is 0.123 e. The first kappa shape index (κ1) is 40.9. The van der Waals surface area contributed by atoms with Crippen LogP contribution in [-0.4, -0.2) is 4.57 Å². The van der Waals surface area contributed by atoms with Crippen LogP contribution in [0.5, 0.6) is 0 Å². The summed E-state index contributed by atoms with van der Waals surface area (Å²) in [4.78, 5) is 0. The van der Waals surface area contributed by atoms with Gasteiger partial charge in [0.15, 0.2) is 0 Å². The highest BCUT2D eigenvalue weighted by Crippen LogP contribution is 2.53. The lowest BCUT2D eigenvalue weighted by molar-refractivity contribution is 0.627. The highest BCUT2D eigenvalue weighted by Gasteiger charge is 2.36. The van der Waals surface area contributed by atoms with Gasteiger partial charge in [0.2, 0.25) is 0 Å². The molecule has 69 heavy (non-hydrogen) atoms. The van der Waals surface area contributed by atoms with Crippen LogP contribution in [0.3, 0.4) is 0 Å². The zero-order chi connectivity index (χ0) is 46.9. The van der Waals surface area contributed by atoms with Crippen LogP contribution in [0.15, 0.2) is 200 Å². The van der Waals surface area contributed by atoms with E-state index in [9.17, 15) is 9.65 Å². The van der Waals surface area contributed by atoms with E-state index in [1.54, 1.807) is 0 Å². The molecule has 0 amide bonds. The number of rotatable bonds is 4. The molecule has 0 radical (unpaired) electrons. The second kappa shape index (κ2) is 14.8. The van der Waals surface area contributed by atoms with Crippen LogP contribution < -0.4 is 0 Å². The Morgan fingerprint density at radius 3 is 1.91 bits per heavy atom. The molecule has 0 spiro atoms. The first-order valence-corrected chi connectivity index (χ1v) is 23.9. The third-order valence-corrected chi connectivity index (χ3v) is 15.8. The molecular formula is C66H47FN2. The van der Waals surface area contributed by atoms with Crippen molar-refractivity contribution in [1.29, 1.82) is 5.26 Å². The summed E-state index contributed by atoms with van der Waals surface area (Å²) >= 11 is 0. The summed E-state index contributed by atoms with van der Waals surface area (Å²) < 4.78 is 16.5. The van der Waals surface area contributed by atoms with Gasteiger partial charge in [0.1, 0.15) is 5.82 Å². The second-order valence-electron chi connectivity index (χ2n) is 20.1. The second-order valence-corrected chi connectivity index (χ2v) is 20.1. The van der Waals surface area contributed by atoms with E-state index in [4.69, 9.17) is 0 Å². The zero-order valence-electron chi connectivity index (χ0n) is 39.1. The van der Waals surface area contributed by atoms with Crippen molar-refractivity contribution >= 4 is 54.1 Å². The van der Waals surface area contributed by atoms with Gasteiger partial charge in [-0.1, -0.05) is 162 Å². The van der Waals surface area contributed by atoms with Crippen molar-refractivity contribution in [1.82, 2.24) is 4.57 Å². The molecule has 1 heterocycles. The minimum atomic E-state index is -0.304. The van der Waals surface area contributed by atoms with Crippen molar-refractivity contribution in [3.05, 3.63) is 234 Å². The number of nitriles is 1. The molecule has 0 fully saturated rings. The maximum Gasteiger partial charge on any atom is 0.123 e. The summed E-state index contributed by atoms with van der Waals surface area (Å²) in [5.41, 5.74) is 19.0. The summed E-state index contributed by atoms with van der Waals surface area (Å²) in [6, 6.07) is 60.9. The monoisotopic (exact) mass is 886 g/mol. The third-order valence-electron chi connectivity index (χ3n) is 15.8. The Labute approximate surface area is 401 Å². The first-order chi connectivity index (χ1) is 33.5. The van der Waals surface area contributed by atoms with Crippen molar-refractivity contribution in [3.63, 3.8) is 0 Å². The molecule has 0 aliphatic heterocycles. The van der Waals surface area contributed by atoms with E-state index in [2.05, 4.69) is 197 Å². The Morgan fingerprint density at radius 2 is 1.13 bits per heavy atom. The Balaban J connectivity index is 1.11. The molecule has 2 aliphatic rings. The topological polar surface area (TPSA) is 28.7 Å². The van der Waals surface area contributed by atoms with Crippen LogP contribution in [-0.2, 0) is 17.3 Å². The van der Waals surface area contributed by atoms with E-state index in [1.807, 2.05) is 24.3 Å². The van der Waals surface area contributed by atoms with Gasteiger partial charge in [-0.3, -0.25) is 0 Å². The maximum absolute atomic E-state index is 14.3. The van der Waals surface area contributed by atoms with Gasteiger partial charge in [-0.25, -0.2) is 4.39 Å². The van der Waals surface area contributed by atoms with Gasteiger partial charge in [0, 0.05) is 32.7 Å². The van der Waals surface area contributed by atoms with Crippen LogP contribution in [0.25, 0.3) is 104 Å². The molecule has 0 saturated heterocycles. The number of fused-ring (bicyclic) bond motifs is 6. The molecule has 13 rings (SSSR count). The van der Waals surface area contributed by atoms with Crippen LogP contribution >= 0.6 is 0 Å². The van der Waals surface area contributed by atoms with E-state index in [0.717, 1.165) is 61.4 Å². The summed E-state index contributed by atoms with van der Waals surface area (Å²) in [6.07, 6.45) is 9.48. The fraction of sp³-hybridized carbons (Fsp3) is 0.106. The van der Waals surface area contributed by atoms with Crippen LogP contribution in [0.2, 0.25) is 0 Å². The van der Waals surface area contributed by atoms with Gasteiger partial charge in [-0.15, -0.1) is 0 Å². The Hall–Kier alpha value is -8.32. The molecule has 1 aromatic heterocycles. The standard InChI is InChI=1S/C66H47FN2/c1-39-13-7-6-8-14-40-19-20-42(36-57(40)65(39,2)3)62-52-17-10-9-16-51(52)61(43-22-28-50-49-15-11-12-18-56(49)66(4,5)58(50)37-43)54-29-21-41(35-55(54)62)47-32-34-60-64-53(47)31-30-48-44(38-68)23-33-59(63(48)64)69(60)46-26-24-45(67)25-27-46/h6-13,15-37H,1,14H2,2-5H3/b8-6-,13-7-. The Kier molecular flexibility index (Phi) is 8.80. The average molecular weight is 887 g/mol. The van der Waals surface area contributed by atoms with Gasteiger partial charge in [-0.2, -0.15) is 5.26 Å². The fourth-order valence-corrected chi connectivity index (χ4v) is 12.1. The molecule has 0 atom stereocenters. The zero-order valence-corrected chi connectivity index (χ0v) is 39.1. The molecule has 2 nitrogen and oxygen atoms in total. The van der Waals surface area contributed by atoms with Crippen molar-refractivity contribution in [2.45, 2.75) is 44.9 Å². The molecule has 2 aliphatic carbocycles. The van der Waals surface area contributed by atoms with E-state index in [-0.39, 0.29) is 16.6 Å². The largest absolute Gasteiger partial charge is 0.309 e. The molecule has 0 N–H and O–H groups in total. The van der Waals surface area contributed by atoms with Crippen molar-refractivity contribution < 1.29 is 4.39 Å². The van der Waals surface area contributed by atoms with Gasteiger partial charge in [-0.05, 0) is 166 Å². The number of halogens is 1. The van der Waals surface area contributed by atoms with Crippen molar-refractivity contribution in [2.24, 2.45) is 0 Å². The quantitative estimate of drug-likeness (QED) is 0.128. The minimum absolute atomic E-state index is 0.150. The summed E-state index contributed by atoms with van der Waals surface area (Å²) in [7, 11) is 0. The SMILES string of the molecule is C=C1/C=C\C=C/Cc2ccc(-c3c4ccccc4c(-c4ccc5c(c4)C(C)(C)c4ccccc4-5)c4ccc(-c5ccc6c7c5ccc5c(C#N)ccc(c57)n6-c5ccc(F)cc5)cc34)cc2C1(C)C. The Bertz CT molecular complexity index is 4130. The summed E-state index contributed by atoms with van der Waals surface area (Å²) in [6.45, 7) is 13.9. The molecule has 0 saturated carbocycles. The van der Waals surface area contributed by atoms with Gasteiger partial charge >= 0.3 is 0 Å². The van der Waals surface area contributed by atoms with E-state index in [1.165, 1.54) is 89.3 Å². The minimum Gasteiger partial charge on any atom is -0.309 e. The van der Waals surface area contributed by atoms with Crippen LogP contribution in [0.4, 0.5) is 4.39 Å². The molecule has 328 valence electrons. The number of allylic oxidation sites excluding steroid dienone is 5. The fourth-order valence-electron chi connectivity index (χ4n) is 12.1. The number of hydrogen-bond acceptors (Lipinski definition) is 1. The normalized spacial score (nSPS) is 15.7. The lowest BCUT2D eigenvalue weighted by Crippen LogP contribution is -2.20. The highest BCUT2D eigenvalue weighted by molar-refractivity contribution is 6.28. The molecule has 11 aromatic rings. The van der Waals surface area contributed by atoms with Gasteiger partial charge in [0.05, 0.1) is 22.7 Å². The number of benzene rings is 10. The van der Waals surface area contributed by atoms with E-state index < -0.39 is 0 Å². The van der Waals surface area contributed by atoms with Crippen molar-refractivity contribution in [3.8, 4) is 56.3 Å².